The lowest BCUT2D eigenvalue weighted by molar-refractivity contribution is -0.435. The zero-order chi connectivity index (χ0) is 66.2. The molecule has 4 amide bonds. The maximum Gasteiger partial charge on any atom is 0.303 e. The van der Waals surface area contributed by atoms with Crippen LogP contribution in [0.4, 0.5) is 11.4 Å². The zero-order valence-corrected chi connectivity index (χ0v) is 55.6. The average Bonchev–Trinajstić information content (AvgIpc) is 1.60. The number of thiophene rings is 2. The molecule has 0 saturated carbocycles. The van der Waals surface area contributed by atoms with Gasteiger partial charge in [-0.05, 0) is 148 Å². The Morgan fingerprint density at radius 2 is 1.12 bits per heavy atom. The number of carboxylic acids is 1. The van der Waals surface area contributed by atoms with E-state index in [0.29, 0.717) is 74.8 Å². The number of aromatic nitrogens is 2. The van der Waals surface area contributed by atoms with Crippen molar-refractivity contribution >= 4 is 120 Å². The molecular weight excluding hydrogens is 1270 g/mol. The number of nitrogens with one attached hydrogen (secondary N) is 4. The van der Waals surface area contributed by atoms with E-state index in [0.717, 1.165) is 59.6 Å². The number of carboxylic acid groups (broad SMARTS) is 1. The Hall–Kier alpha value is -7.31. The van der Waals surface area contributed by atoms with Gasteiger partial charge in [0.05, 0.1) is 33.7 Å². The third kappa shape index (κ3) is 16.1. The molecule has 23 nitrogen and oxygen atoms in total. The number of anilines is 1. The predicted molar refractivity (Wildman–Crippen MR) is 354 cm³/mol. The number of fused-ring (bicyclic) bond motifs is 6. The zero-order valence-electron chi connectivity index (χ0n) is 51.6. The molecule has 6 aromatic rings. The van der Waals surface area contributed by atoms with Crippen molar-refractivity contribution in [1.82, 2.24) is 31.2 Å². The van der Waals surface area contributed by atoms with Crippen molar-refractivity contribution in [2.75, 3.05) is 61.4 Å². The Bertz CT molecular complexity index is 4240. The molecule has 0 aliphatic carbocycles. The summed E-state index contributed by atoms with van der Waals surface area (Å²) in [7, 11) is -13.3. The molecule has 0 radical (unpaired) electrons. The number of hydrogen-bond acceptors (Lipinski definition) is 16. The molecule has 8 rings (SSSR count). The lowest BCUT2D eigenvalue weighted by Crippen LogP contribution is -2.32. The minimum Gasteiger partial charge on any atom is -0.481 e. The Balaban J connectivity index is 1.31. The van der Waals surface area contributed by atoms with Gasteiger partial charge in [-0.25, -0.2) is 9.97 Å². The molecule has 2 unspecified atom stereocenters. The second-order valence-corrected chi connectivity index (χ2v) is 29.5. The molecule has 0 fully saturated rings. The summed E-state index contributed by atoms with van der Waals surface area (Å²) in [6.07, 6.45) is 9.48. The van der Waals surface area contributed by atoms with E-state index < -0.39 is 94.6 Å². The van der Waals surface area contributed by atoms with Gasteiger partial charge >= 0.3 is 5.97 Å². The number of nitrogens with zero attached hydrogens (tertiary/aromatic N) is 4. The van der Waals surface area contributed by atoms with Crippen LogP contribution < -0.4 is 26.2 Å². The van der Waals surface area contributed by atoms with Crippen molar-refractivity contribution in [3.8, 4) is 22.3 Å². The Kier molecular flexibility index (Phi) is 22.3. The van der Waals surface area contributed by atoms with Gasteiger partial charge in [-0.1, -0.05) is 32.8 Å². The summed E-state index contributed by atoms with van der Waals surface area (Å²) in [5.41, 5.74) is 5.13. The van der Waals surface area contributed by atoms with Gasteiger partial charge in [-0.3, -0.25) is 37.6 Å². The molecule has 0 spiro atoms. The Labute approximate surface area is 537 Å². The first-order valence-electron chi connectivity index (χ1n) is 30.2. The maximum atomic E-state index is 14.0. The van der Waals surface area contributed by atoms with Gasteiger partial charge in [-0.2, -0.15) is 29.8 Å². The van der Waals surface area contributed by atoms with Crippen LogP contribution >= 0.6 is 22.7 Å². The summed E-state index contributed by atoms with van der Waals surface area (Å²) in [4.78, 5) is 76.9. The van der Waals surface area contributed by atoms with Crippen LogP contribution in [0.1, 0.15) is 159 Å². The first-order valence-corrected chi connectivity index (χ1v) is 36.8. The van der Waals surface area contributed by atoms with E-state index in [-0.39, 0.29) is 61.5 Å². The normalized spacial score (nSPS) is 17.1. The molecule has 91 heavy (non-hydrogen) atoms. The number of carbonyl (C=O) groups is 5. The van der Waals surface area contributed by atoms with Gasteiger partial charge in [0.1, 0.15) is 29.3 Å². The van der Waals surface area contributed by atoms with Gasteiger partial charge in [0, 0.05) is 94.2 Å². The van der Waals surface area contributed by atoms with E-state index >= 15 is 0 Å². The van der Waals surface area contributed by atoms with Crippen LogP contribution in [0.25, 0.3) is 42.4 Å². The minimum atomic E-state index is -4.46. The van der Waals surface area contributed by atoms with E-state index in [4.69, 9.17) is 5.11 Å². The Morgan fingerprint density at radius 3 is 1.65 bits per heavy atom. The van der Waals surface area contributed by atoms with Crippen LogP contribution in [0.2, 0.25) is 0 Å². The summed E-state index contributed by atoms with van der Waals surface area (Å²) < 4.78 is 106. The molecule has 28 heteroatoms. The highest BCUT2D eigenvalue weighted by Crippen LogP contribution is 2.56. The van der Waals surface area contributed by atoms with Crippen molar-refractivity contribution in [3.05, 3.63) is 117 Å². The third-order valence-corrected chi connectivity index (χ3v) is 20.5. The van der Waals surface area contributed by atoms with Gasteiger partial charge < -0.3 is 31.3 Å². The number of unbranched alkanes of at least 4 members (excludes halogenated alkanes) is 2. The Morgan fingerprint density at radius 1 is 0.604 bits per heavy atom. The fourth-order valence-corrected chi connectivity index (χ4v) is 15.6. The standard InChI is InChI=1S/C63H76N8O15S5/c1-7-22-62(5)45-37-43(39-33-47(58(74)64-9-3)68-48(34-39)59(75)65-10-4)57-42(21-29-88-57)55(45)71(27-16-31-90(81,82)83)51(62)17-14-18-52-63(6,23-15-30-89(78,79)80)46-38-44(56-41(20-28-87-56)54(46)70(52)26-8-2)40-35-49(60(76)66-24-13-11-12-19-53(72)73)69-50(36-40)61(77)67-25-32-91(84,85)86/h14,17-18,20-21,28-29,33-38H,7-13,15-16,19,22-27,30-32H2,1-6H3,(H7-,64,65,66,67,72,73,74,75,76,77,78,79,80,81,82,83,84,85,86)/p+1. The number of pyridine rings is 2. The smallest absolute Gasteiger partial charge is 0.303 e. The largest absolute Gasteiger partial charge is 0.481 e. The number of amides is 4. The fourth-order valence-electron chi connectivity index (χ4n) is 12.3. The highest BCUT2D eigenvalue weighted by molar-refractivity contribution is 7.86. The summed E-state index contributed by atoms with van der Waals surface area (Å²) in [6, 6.07) is 14.3. The molecule has 8 N–H and O–H groups in total. The molecule has 2 atom stereocenters. The number of aliphatic carboxylic acids is 1. The summed E-state index contributed by atoms with van der Waals surface area (Å²) in [5, 5.41) is 25.4. The molecule has 0 bridgehead atoms. The van der Waals surface area contributed by atoms with E-state index in [2.05, 4.69) is 60.6 Å². The van der Waals surface area contributed by atoms with Crippen molar-refractivity contribution in [2.45, 2.75) is 117 Å². The minimum absolute atomic E-state index is 0.0192. The molecule has 2 aliphatic rings. The van der Waals surface area contributed by atoms with Crippen LogP contribution in [0.15, 0.2) is 83.2 Å². The average molecular weight is 1350 g/mol. The molecule has 2 aromatic carbocycles. The number of allylic oxidation sites excluding steroid dienone is 4. The highest BCUT2D eigenvalue weighted by Gasteiger charge is 2.49. The van der Waals surface area contributed by atoms with Crippen molar-refractivity contribution < 1.29 is 72.6 Å². The fraction of sp³-hybridized carbons (Fsp3) is 0.429. The van der Waals surface area contributed by atoms with Crippen LogP contribution in [-0.4, -0.2) is 150 Å². The van der Waals surface area contributed by atoms with Gasteiger partial charge in [0.15, 0.2) is 5.71 Å². The molecule has 6 heterocycles. The van der Waals surface area contributed by atoms with Crippen molar-refractivity contribution in [3.63, 3.8) is 0 Å². The lowest BCUT2D eigenvalue weighted by atomic mass is 9.74. The molecule has 488 valence electrons. The van der Waals surface area contributed by atoms with Gasteiger partial charge in [-0.15, -0.1) is 22.7 Å². The van der Waals surface area contributed by atoms with E-state index in [9.17, 15) is 62.9 Å². The van der Waals surface area contributed by atoms with Crippen molar-refractivity contribution in [1.29, 1.82) is 0 Å². The number of benzene rings is 2. The van der Waals surface area contributed by atoms with Gasteiger partial charge in [0.25, 0.3) is 54.0 Å². The number of rotatable bonds is 31. The third-order valence-electron chi connectivity index (χ3n) is 16.3. The maximum absolute atomic E-state index is 14.0. The van der Waals surface area contributed by atoms with Crippen LogP contribution in [-0.2, 0) is 46.0 Å². The number of carbonyl (C=O) groups excluding carboxylic acids is 4. The van der Waals surface area contributed by atoms with E-state index in [1.807, 2.05) is 61.0 Å². The second kappa shape index (κ2) is 29.1. The predicted octanol–water partition coefficient (Wildman–Crippen LogP) is 9.46. The van der Waals surface area contributed by atoms with Crippen LogP contribution in [0.5, 0.6) is 0 Å². The summed E-state index contributed by atoms with van der Waals surface area (Å²) in [6.45, 7) is 12.8. The second-order valence-electron chi connectivity index (χ2n) is 23.0. The quantitative estimate of drug-likeness (QED) is 0.0114. The first-order chi connectivity index (χ1) is 43.1. The molecule has 0 saturated heterocycles. The SMILES string of the molecule is CCCN1/C(=C/C=C/C2=[N+](CCCS(=O)(=O)O)c3c(cc(-c4cc(C(=O)NCC)nc(C(=O)NCC)c4)c4sccc34)C2(C)CCC)C(C)(CCCS(=O)(=O)O)c2cc(-c3cc(C(=O)NCCCCCC(=O)O)nc(C(=O)NCCS(=O)(=O)O)c3)c3sccc3c21. The van der Waals surface area contributed by atoms with Crippen LogP contribution in [0, 0.1) is 0 Å². The first kappa shape index (κ1) is 69.6. The topological polar surface area (TPSA) is 349 Å². The van der Waals surface area contributed by atoms with E-state index in [1.54, 1.807) is 26.0 Å². The highest BCUT2D eigenvalue weighted by atomic mass is 32.2. The number of hydrogen-bond donors (Lipinski definition) is 8. The lowest BCUT2D eigenvalue weighted by Gasteiger charge is -2.30. The summed E-state index contributed by atoms with van der Waals surface area (Å²) >= 11 is 2.87. The van der Waals surface area contributed by atoms with Crippen molar-refractivity contribution in [2.24, 2.45) is 0 Å². The molecular formula is C63H77N8O15S5+. The van der Waals surface area contributed by atoms with Crippen LogP contribution in [0.3, 0.4) is 0 Å². The summed E-state index contributed by atoms with van der Waals surface area (Å²) in [5.74, 6) is -5.17. The molecule has 2 aliphatic heterocycles. The molecule has 4 aromatic heterocycles. The monoisotopic (exact) mass is 1350 g/mol. The van der Waals surface area contributed by atoms with E-state index in [1.165, 1.54) is 34.8 Å². The van der Waals surface area contributed by atoms with Gasteiger partial charge in [0.2, 0.25) is 5.69 Å².